The smallest absolute Gasteiger partial charge is 0.132 e. The van der Waals surface area contributed by atoms with Gasteiger partial charge in [-0.05, 0) is 30.7 Å². The van der Waals surface area contributed by atoms with Crippen LogP contribution in [0.2, 0.25) is 0 Å². The fourth-order valence-corrected chi connectivity index (χ4v) is 2.58. The number of benzene rings is 1. The second kappa shape index (κ2) is 10.2. The van der Waals surface area contributed by atoms with Crippen LogP contribution in [0.5, 0.6) is 11.5 Å². The second-order valence-electron chi connectivity index (χ2n) is 3.69. The molecule has 110 valence electrons. The molecule has 0 spiro atoms. The van der Waals surface area contributed by atoms with Gasteiger partial charge in [-0.25, -0.2) is 0 Å². The molecule has 0 saturated heterocycles. The molecular formula is C13H22ClNO3S. The van der Waals surface area contributed by atoms with Crippen molar-refractivity contribution >= 4 is 24.2 Å². The highest BCUT2D eigenvalue weighted by Gasteiger charge is 2.11. The lowest BCUT2D eigenvalue weighted by Crippen LogP contribution is -2.05. The number of halogens is 1. The van der Waals surface area contributed by atoms with Gasteiger partial charge in [0.2, 0.25) is 0 Å². The molecule has 0 amide bonds. The standard InChI is InChI=1S/C13H21NO3S.ClH/c1-15-6-7-18-13-9-11(16-2)10(4-5-14)8-12(13)17-3;/h8-9H,4-7,14H2,1-3H3;1H. The summed E-state index contributed by atoms with van der Waals surface area (Å²) < 4.78 is 15.8. The molecule has 0 radical (unpaired) electrons. The normalized spacial score (nSPS) is 9.89. The van der Waals surface area contributed by atoms with Crippen molar-refractivity contribution in [1.82, 2.24) is 0 Å². The van der Waals surface area contributed by atoms with E-state index >= 15 is 0 Å². The molecule has 1 rings (SSSR count). The highest BCUT2D eigenvalue weighted by Crippen LogP contribution is 2.35. The number of ether oxygens (including phenoxy) is 3. The van der Waals surface area contributed by atoms with Crippen LogP contribution in [0.1, 0.15) is 5.56 Å². The van der Waals surface area contributed by atoms with Gasteiger partial charge in [0.1, 0.15) is 11.5 Å². The van der Waals surface area contributed by atoms with Crippen molar-refractivity contribution in [1.29, 1.82) is 0 Å². The maximum absolute atomic E-state index is 5.59. The summed E-state index contributed by atoms with van der Waals surface area (Å²) in [5.74, 6) is 2.60. The average molecular weight is 308 g/mol. The van der Waals surface area contributed by atoms with E-state index in [2.05, 4.69) is 0 Å². The van der Waals surface area contributed by atoms with Crippen molar-refractivity contribution in [3.05, 3.63) is 17.7 Å². The van der Waals surface area contributed by atoms with Crippen LogP contribution in [0.3, 0.4) is 0 Å². The fraction of sp³-hybridized carbons (Fsp3) is 0.538. The molecule has 0 fully saturated rings. The number of hydrogen-bond donors (Lipinski definition) is 1. The maximum Gasteiger partial charge on any atom is 0.132 e. The zero-order valence-corrected chi connectivity index (χ0v) is 13.2. The molecule has 6 heteroatoms. The Morgan fingerprint density at radius 3 is 2.32 bits per heavy atom. The first-order valence-electron chi connectivity index (χ1n) is 5.83. The molecule has 0 unspecified atom stereocenters. The molecule has 2 N–H and O–H groups in total. The molecule has 0 aliphatic carbocycles. The average Bonchev–Trinajstić information content (AvgIpc) is 2.40. The molecule has 19 heavy (non-hydrogen) atoms. The van der Waals surface area contributed by atoms with E-state index in [-0.39, 0.29) is 12.4 Å². The molecule has 4 nitrogen and oxygen atoms in total. The summed E-state index contributed by atoms with van der Waals surface area (Å²) in [4.78, 5) is 1.06. The van der Waals surface area contributed by atoms with Crippen molar-refractivity contribution in [3.63, 3.8) is 0 Å². The van der Waals surface area contributed by atoms with Crippen LogP contribution in [-0.4, -0.2) is 40.2 Å². The molecule has 1 aromatic carbocycles. The highest BCUT2D eigenvalue weighted by molar-refractivity contribution is 7.99. The Morgan fingerprint density at radius 1 is 1.11 bits per heavy atom. The Bertz CT molecular complexity index is 377. The minimum absolute atomic E-state index is 0. The molecule has 0 saturated carbocycles. The Labute approximate surface area is 125 Å². The lowest BCUT2D eigenvalue weighted by Gasteiger charge is -2.14. The number of nitrogens with two attached hydrogens (primary N) is 1. The van der Waals surface area contributed by atoms with E-state index < -0.39 is 0 Å². The van der Waals surface area contributed by atoms with E-state index in [1.165, 1.54) is 0 Å². The number of methoxy groups -OCH3 is 3. The predicted octanol–water partition coefficient (Wildman–Crippen LogP) is 2.37. The monoisotopic (exact) mass is 307 g/mol. The summed E-state index contributed by atoms with van der Waals surface area (Å²) in [5.41, 5.74) is 6.67. The molecular weight excluding hydrogens is 286 g/mol. The summed E-state index contributed by atoms with van der Waals surface area (Å²) in [6.07, 6.45) is 0.780. The van der Waals surface area contributed by atoms with E-state index in [9.17, 15) is 0 Å². The van der Waals surface area contributed by atoms with E-state index in [0.29, 0.717) is 13.2 Å². The summed E-state index contributed by atoms with van der Waals surface area (Å²) in [5, 5.41) is 0. The Kier molecular flexibility index (Phi) is 9.87. The van der Waals surface area contributed by atoms with Gasteiger partial charge in [-0.3, -0.25) is 0 Å². The van der Waals surface area contributed by atoms with Gasteiger partial charge in [-0.15, -0.1) is 24.2 Å². The van der Waals surface area contributed by atoms with Crippen LogP contribution in [0.15, 0.2) is 17.0 Å². The van der Waals surface area contributed by atoms with Gasteiger partial charge >= 0.3 is 0 Å². The minimum Gasteiger partial charge on any atom is -0.496 e. The number of hydrogen-bond acceptors (Lipinski definition) is 5. The van der Waals surface area contributed by atoms with Crippen molar-refractivity contribution in [2.45, 2.75) is 11.3 Å². The lowest BCUT2D eigenvalue weighted by atomic mass is 10.1. The third-order valence-electron chi connectivity index (χ3n) is 2.53. The van der Waals surface area contributed by atoms with Gasteiger partial charge < -0.3 is 19.9 Å². The summed E-state index contributed by atoms with van der Waals surface area (Å²) in [6, 6.07) is 4.00. The van der Waals surface area contributed by atoms with Gasteiger partial charge in [-0.2, -0.15) is 0 Å². The quantitative estimate of drug-likeness (QED) is 0.590. The van der Waals surface area contributed by atoms with Gasteiger partial charge in [0.15, 0.2) is 0 Å². The Balaban J connectivity index is 0.00000324. The van der Waals surface area contributed by atoms with Gasteiger partial charge in [-0.1, -0.05) is 0 Å². The number of rotatable bonds is 8. The van der Waals surface area contributed by atoms with Gasteiger partial charge in [0.05, 0.1) is 25.7 Å². The van der Waals surface area contributed by atoms with Crippen LogP contribution in [0.25, 0.3) is 0 Å². The lowest BCUT2D eigenvalue weighted by molar-refractivity contribution is 0.218. The summed E-state index contributed by atoms with van der Waals surface area (Å²) >= 11 is 1.69. The first kappa shape index (κ1) is 18.4. The van der Waals surface area contributed by atoms with E-state index in [1.54, 1.807) is 33.1 Å². The maximum atomic E-state index is 5.59. The third-order valence-corrected chi connectivity index (χ3v) is 3.53. The van der Waals surface area contributed by atoms with Crippen LogP contribution < -0.4 is 15.2 Å². The fourth-order valence-electron chi connectivity index (χ4n) is 1.63. The summed E-state index contributed by atoms with van der Waals surface area (Å²) in [7, 11) is 5.04. The second-order valence-corrected chi connectivity index (χ2v) is 4.83. The zero-order valence-electron chi connectivity index (χ0n) is 11.6. The molecule has 0 heterocycles. The predicted molar refractivity (Wildman–Crippen MR) is 82.2 cm³/mol. The van der Waals surface area contributed by atoms with Gasteiger partial charge in [0.25, 0.3) is 0 Å². The van der Waals surface area contributed by atoms with E-state index in [1.807, 2.05) is 12.1 Å². The molecule has 1 aromatic rings. The van der Waals surface area contributed by atoms with E-state index in [0.717, 1.165) is 34.1 Å². The summed E-state index contributed by atoms with van der Waals surface area (Å²) in [6.45, 7) is 1.30. The van der Waals surface area contributed by atoms with Crippen LogP contribution in [0, 0.1) is 0 Å². The highest BCUT2D eigenvalue weighted by atomic mass is 35.5. The van der Waals surface area contributed by atoms with Crippen molar-refractivity contribution in [2.75, 3.05) is 40.2 Å². The Morgan fingerprint density at radius 2 is 1.79 bits per heavy atom. The van der Waals surface area contributed by atoms with Crippen molar-refractivity contribution < 1.29 is 14.2 Å². The number of thioether (sulfide) groups is 1. The topological polar surface area (TPSA) is 53.7 Å². The molecule has 0 aliphatic heterocycles. The zero-order chi connectivity index (χ0) is 13.4. The Hall–Kier alpha value is -0.620. The third kappa shape index (κ3) is 5.48. The van der Waals surface area contributed by atoms with Gasteiger partial charge in [0, 0.05) is 12.9 Å². The largest absolute Gasteiger partial charge is 0.496 e. The molecule has 0 aromatic heterocycles. The molecule has 0 bridgehead atoms. The minimum atomic E-state index is 0. The first-order chi connectivity index (χ1) is 8.76. The SMILES string of the molecule is COCCSc1cc(OC)c(CCN)cc1OC.Cl. The van der Waals surface area contributed by atoms with Crippen LogP contribution in [0.4, 0.5) is 0 Å². The first-order valence-corrected chi connectivity index (χ1v) is 6.82. The van der Waals surface area contributed by atoms with Crippen molar-refractivity contribution in [3.8, 4) is 11.5 Å². The molecule has 0 atom stereocenters. The van der Waals surface area contributed by atoms with Crippen molar-refractivity contribution in [2.24, 2.45) is 5.73 Å². The molecule has 0 aliphatic rings. The van der Waals surface area contributed by atoms with Crippen LogP contribution >= 0.6 is 24.2 Å². The van der Waals surface area contributed by atoms with Crippen LogP contribution in [-0.2, 0) is 11.2 Å². The van der Waals surface area contributed by atoms with E-state index in [4.69, 9.17) is 19.9 Å².